The van der Waals surface area contributed by atoms with Crippen LogP contribution in [0.4, 0.5) is 0 Å². The third-order valence-corrected chi connectivity index (χ3v) is 4.18. The molecule has 1 amide bonds. The highest BCUT2D eigenvalue weighted by atomic mass is 127. The Labute approximate surface area is 151 Å². The van der Waals surface area contributed by atoms with Gasteiger partial charge in [-0.05, 0) is 25.7 Å². The Kier molecular flexibility index (Phi) is 8.49. The van der Waals surface area contributed by atoms with E-state index in [9.17, 15) is 4.79 Å². The molecule has 6 heteroatoms. The summed E-state index contributed by atoms with van der Waals surface area (Å²) in [6, 6.07) is 0.325. The van der Waals surface area contributed by atoms with Crippen LogP contribution in [0.3, 0.4) is 0 Å². The number of halogens is 1. The Hall–Kier alpha value is -0.530. The molecule has 1 aliphatic heterocycles. The van der Waals surface area contributed by atoms with Gasteiger partial charge in [0.25, 0.3) is 0 Å². The van der Waals surface area contributed by atoms with Gasteiger partial charge in [-0.15, -0.1) is 24.0 Å². The summed E-state index contributed by atoms with van der Waals surface area (Å²) in [5.41, 5.74) is 0. The zero-order valence-corrected chi connectivity index (χ0v) is 16.4. The summed E-state index contributed by atoms with van der Waals surface area (Å²) in [6.45, 7) is 9.44. The van der Waals surface area contributed by atoms with Crippen LogP contribution in [0.1, 0.15) is 46.5 Å². The van der Waals surface area contributed by atoms with Crippen molar-refractivity contribution in [3.05, 3.63) is 0 Å². The van der Waals surface area contributed by atoms with Gasteiger partial charge in [-0.2, -0.15) is 0 Å². The molecule has 128 valence electrons. The van der Waals surface area contributed by atoms with Crippen molar-refractivity contribution in [2.45, 2.75) is 52.5 Å². The molecule has 1 atom stereocenters. The van der Waals surface area contributed by atoms with E-state index < -0.39 is 0 Å². The standard InChI is InChI=1S/C16H30N4O.HI/c1-4-17-16(18-9-7-13-5-6-13)19-14-8-10-20(11-14)15(21)12(2)3;/h12-14H,4-11H2,1-3H3,(H2,17,18,19);1H. The maximum atomic E-state index is 12.0. The first-order valence-corrected chi connectivity index (χ1v) is 8.43. The maximum absolute atomic E-state index is 12.0. The quantitative estimate of drug-likeness (QED) is 0.392. The number of hydrogen-bond acceptors (Lipinski definition) is 2. The predicted octanol–water partition coefficient (Wildman–Crippen LogP) is 2.22. The second-order valence-electron chi connectivity index (χ2n) is 6.56. The summed E-state index contributed by atoms with van der Waals surface area (Å²) in [5.74, 6) is 2.17. The number of aliphatic imine (C=N–C) groups is 1. The van der Waals surface area contributed by atoms with Crippen molar-refractivity contribution in [1.82, 2.24) is 15.5 Å². The van der Waals surface area contributed by atoms with Crippen LogP contribution in [0.2, 0.25) is 0 Å². The van der Waals surface area contributed by atoms with Gasteiger partial charge in [-0.1, -0.05) is 26.7 Å². The zero-order valence-electron chi connectivity index (χ0n) is 14.1. The number of amides is 1. The Morgan fingerprint density at radius 1 is 1.32 bits per heavy atom. The molecule has 0 radical (unpaired) electrons. The van der Waals surface area contributed by atoms with E-state index in [-0.39, 0.29) is 35.8 Å². The molecule has 2 aliphatic rings. The molecule has 0 spiro atoms. The van der Waals surface area contributed by atoms with Crippen molar-refractivity contribution < 1.29 is 4.79 Å². The fourth-order valence-corrected chi connectivity index (χ4v) is 2.72. The minimum Gasteiger partial charge on any atom is -0.357 e. The highest BCUT2D eigenvalue weighted by Crippen LogP contribution is 2.32. The third kappa shape index (κ3) is 6.30. The maximum Gasteiger partial charge on any atom is 0.225 e. The Balaban J connectivity index is 0.00000242. The topological polar surface area (TPSA) is 56.7 Å². The summed E-state index contributed by atoms with van der Waals surface area (Å²) in [6.07, 6.45) is 4.98. The number of rotatable bonds is 6. The number of likely N-dealkylation sites (tertiary alicyclic amines) is 1. The van der Waals surface area contributed by atoms with E-state index in [0.29, 0.717) is 6.04 Å². The molecule has 2 fully saturated rings. The lowest BCUT2D eigenvalue weighted by Crippen LogP contribution is -2.45. The fraction of sp³-hybridized carbons (Fsp3) is 0.875. The van der Waals surface area contributed by atoms with Crippen LogP contribution in [0, 0.1) is 11.8 Å². The van der Waals surface area contributed by atoms with Gasteiger partial charge in [0, 0.05) is 38.1 Å². The Morgan fingerprint density at radius 2 is 2.05 bits per heavy atom. The average molecular weight is 422 g/mol. The molecule has 22 heavy (non-hydrogen) atoms. The normalized spacial score (nSPS) is 21.7. The number of carbonyl (C=O) groups is 1. The first-order chi connectivity index (χ1) is 10.1. The third-order valence-electron chi connectivity index (χ3n) is 4.18. The van der Waals surface area contributed by atoms with Crippen molar-refractivity contribution >= 4 is 35.8 Å². The number of nitrogens with one attached hydrogen (secondary N) is 2. The fourth-order valence-electron chi connectivity index (χ4n) is 2.72. The van der Waals surface area contributed by atoms with Crippen molar-refractivity contribution in [3.63, 3.8) is 0 Å². The van der Waals surface area contributed by atoms with E-state index in [1.165, 1.54) is 19.3 Å². The highest BCUT2D eigenvalue weighted by Gasteiger charge is 2.28. The molecule has 1 aliphatic carbocycles. The van der Waals surface area contributed by atoms with Crippen LogP contribution < -0.4 is 10.6 Å². The van der Waals surface area contributed by atoms with Crippen LogP contribution in [-0.2, 0) is 4.79 Å². The molecule has 1 saturated carbocycles. The number of nitrogens with zero attached hydrogens (tertiary/aromatic N) is 2. The van der Waals surface area contributed by atoms with E-state index in [4.69, 9.17) is 0 Å². The van der Waals surface area contributed by atoms with Crippen LogP contribution in [0.5, 0.6) is 0 Å². The van der Waals surface area contributed by atoms with Crippen molar-refractivity contribution in [2.75, 3.05) is 26.2 Å². The van der Waals surface area contributed by atoms with E-state index in [1.54, 1.807) is 0 Å². The second-order valence-corrected chi connectivity index (χ2v) is 6.56. The summed E-state index contributed by atoms with van der Waals surface area (Å²) in [4.78, 5) is 18.6. The second kappa shape index (κ2) is 9.57. The monoisotopic (exact) mass is 422 g/mol. The van der Waals surface area contributed by atoms with Crippen LogP contribution in [0.25, 0.3) is 0 Å². The van der Waals surface area contributed by atoms with Crippen molar-refractivity contribution in [3.8, 4) is 0 Å². The lowest BCUT2D eigenvalue weighted by atomic mass is 10.2. The SMILES string of the molecule is CCNC(=NCCC1CC1)NC1CCN(C(=O)C(C)C)C1.I. The summed E-state index contributed by atoms with van der Waals surface area (Å²) >= 11 is 0. The molecule has 5 nitrogen and oxygen atoms in total. The summed E-state index contributed by atoms with van der Waals surface area (Å²) in [7, 11) is 0. The van der Waals surface area contributed by atoms with Crippen molar-refractivity contribution in [2.24, 2.45) is 16.8 Å². The molecule has 1 saturated heterocycles. The van der Waals surface area contributed by atoms with Gasteiger partial charge < -0.3 is 15.5 Å². The number of carbonyl (C=O) groups excluding carboxylic acids is 1. The summed E-state index contributed by atoms with van der Waals surface area (Å²) in [5, 5.41) is 6.79. The van der Waals surface area contributed by atoms with Gasteiger partial charge in [0.2, 0.25) is 5.91 Å². The smallest absolute Gasteiger partial charge is 0.225 e. The minimum absolute atomic E-state index is 0. The molecule has 2 N–H and O–H groups in total. The minimum atomic E-state index is 0. The van der Waals surface area contributed by atoms with Crippen molar-refractivity contribution in [1.29, 1.82) is 0 Å². The molecule has 2 rings (SSSR count). The van der Waals surface area contributed by atoms with Gasteiger partial charge in [0.05, 0.1) is 0 Å². The molecule has 1 heterocycles. The van der Waals surface area contributed by atoms with E-state index in [0.717, 1.165) is 44.5 Å². The molecular weight excluding hydrogens is 391 g/mol. The molecular formula is C16H31IN4O. The van der Waals surface area contributed by atoms with Gasteiger partial charge in [0.15, 0.2) is 5.96 Å². The van der Waals surface area contributed by atoms with Gasteiger partial charge in [-0.3, -0.25) is 9.79 Å². The van der Waals surface area contributed by atoms with Gasteiger partial charge in [0.1, 0.15) is 0 Å². The van der Waals surface area contributed by atoms with E-state index in [1.807, 2.05) is 18.7 Å². The molecule has 0 aromatic carbocycles. The van der Waals surface area contributed by atoms with E-state index >= 15 is 0 Å². The Morgan fingerprint density at radius 3 is 2.64 bits per heavy atom. The lowest BCUT2D eigenvalue weighted by Gasteiger charge is -2.20. The molecule has 0 bridgehead atoms. The highest BCUT2D eigenvalue weighted by molar-refractivity contribution is 14.0. The van der Waals surface area contributed by atoms with Gasteiger partial charge >= 0.3 is 0 Å². The zero-order chi connectivity index (χ0) is 15.2. The predicted molar refractivity (Wildman–Crippen MR) is 102 cm³/mol. The molecule has 0 aromatic rings. The number of guanidine groups is 1. The lowest BCUT2D eigenvalue weighted by molar-refractivity contribution is -0.133. The Bertz CT molecular complexity index is 382. The van der Waals surface area contributed by atoms with Crippen LogP contribution in [0.15, 0.2) is 4.99 Å². The van der Waals surface area contributed by atoms with Crippen LogP contribution >= 0.6 is 24.0 Å². The first kappa shape index (κ1) is 19.5. The number of hydrogen-bond donors (Lipinski definition) is 2. The summed E-state index contributed by atoms with van der Waals surface area (Å²) < 4.78 is 0. The first-order valence-electron chi connectivity index (χ1n) is 8.43. The van der Waals surface area contributed by atoms with E-state index in [2.05, 4.69) is 22.5 Å². The van der Waals surface area contributed by atoms with Crippen LogP contribution in [-0.4, -0.2) is 49.0 Å². The largest absolute Gasteiger partial charge is 0.357 e. The molecule has 1 unspecified atom stereocenters. The average Bonchev–Trinajstić information content (AvgIpc) is 3.15. The van der Waals surface area contributed by atoms with Gasteiger partial charge in [-0.25, -0.2) is 0 Å². The molecule has 0 aromatic heterocycles.